The van der Waals surface area contributed by atoms with Crippen LogP contribution in [0.3, 0.4) is 0 Å². The molecular weight excluding hydrogens is 690 g/mol. The van der Waals surface area contributed by atoms with Crippen LogP contribution in [0.2, 0.25) is 5.02 Å². The van der Waals surface area contributed by atoms with Gasteiger partial charge in [0.15, 0.2) is 0 Å². The second-order valence-electron chi connectivity index (χ2n) is 11.9. The first-order chi connectivity index (χ1) is 22.7. The summed E-state index contributed by atoms with van der Waals surface area (Å²) in [5, 5.41) is 12.9. The van der Waals surface area contributed by atoms with Crippen LogP contribution in [0.1, 0.15) is 37.4 Å². The third-order valence-corrected chi connectivity index (χ3v) is 10.2. The number of alkyl halides is 1. The molecule has 3 aliphatic heterocycles. The van der Waals surface area contributed by atoms with Gasteiger partial charge in [-0.1, -0.05) is 82.1 Å². The summed E-state index contributed by atoms with van der Waals surface area (Å²) in [7, 11) is 0. The van der Waals surface area contributed by atoms with Crippen molar-refractivity contribution in [3.05, 3.63) is 90.5 Å². The van der Waals surface area contributed by atoms with E-state index in [-0.39, 0.29) is 49.8 Å². The molecule has 5 rings (SSSR count). The Morgan fingerprint density at radius 1 is 1.17 bits per heavy atom. The predicted octanol–water partition coefficient (Wildman–Crippen LogP) is 4.36. The number of aliphatic hydroxyl groups excluding tert-OH is 1. The number of allylic oxidation sites excluding steroid dienone is 1. The van der Waals surface area contributed by atoms with E-state index in [2.05, 4.69) is 34.4 Å². The quantitative estimate of drug-likeness (QED) is 0.159. The molecule has 0 radical (unpaired) electrons. The van der Waals surface area contributed by atoms with Crippen LogP contribution in [0.25, 0.3) is 0 Å². The highest BCUT2D eigenvalue weighted by Crippen LogP contribution is 2.60. The number of aliphatic hydroxyl groups is 1. The van der Waals surface area contributed by atoms with Crippen LogP contribution in [-0.4, -0.2) is 82.5 Å². The molecule has 3 saturated heterocycles. The van der Waals surface area contributed by atoms with Crippen LogP contribution in [0.5, 0.6) is 0 Å². The molecule has 10 nitrogen and oxygen atoms in total. The number of carbonyl (C=O) groups is 4. The molecule has 250 valence electrons. The van der Waals surface area contributed by atoms with Crippen molar-refractivity contribution < 1.29 is 33.8 Å². The molecule has 7 atom stereocenters. The summed E-state index contributed by atoms with van der Waals surface area (Å²) in [6, 6.07) is 14.9. The first kappa shape index (κ1) is 34.8. The van der Waals surface area contributed by atoms with Gasteiger partial charge in [-0.15, -0.1) is 13.2 Å². The minimum Gasteiger partial charge on any atom is -0.455 e. The van der Waals surface area contributed by atoms with Gasteiger partial charge >= 0.3 is 5.97 Å². The van der Waals surface area contributed by atoms with E-state index in [0.717, 1.165) is 0 Å². The molecule has 1 spiro atoms. The second kappa shape index (κ2) is 15.1. The lowest BCUT2D eigenvalue weighted by molar-refractivity contribution is -0.160. The van der Waals surface area contributed by atoms with Gasteiger partial charge in [0, 0.05) is 30.9 Å². The normalized spacial score (nSPS) is 26.4. The SMILES string of the molecule is C=CCCC(=O)NC[C@H](OC(=O)[C@@H]1[C@H]2O[C@@]3(CC2Br)[C@H](C(=O)N(CC=C)c2ccccc2Cl)N(CCCO)C(=O)[C@@H]13)c1ccccc1. The lowest BCUT2D eigenvalue weighted by Gasteiger charge is -2.37. The number of benzene rings is 2. The Morgan fingerprint density at radius 3 is 2.57 bits per heavy atom. The maximum absolute atomic E-state index is 14.6. The van der Waals surface area contributed by atoms with Crippen molar-refractivity contribution in [2.24, 2.45) is 11.8 Å². The number of rotatable bonds is 15. The summed E-state index contributed by atoms with van der Waals surface area (Å²) < 4.78 is 12.7. The van der Waals surface area contributed by atoms with E-state index >= 15 is 0 Å². The van der Waals surface area contributed by atoms with E-state index in [1.165, 1.54) is 9.80 Å². The molecule has 47 heavy (non-hydrogen) atoms. The number of para-hydroxylation sites is 1. The number of carbonyl (C=O) groups excluding carboxylic acids is 4. The molecule has 3 amide bonds. The van der Waals surface area contributed by atoms with Gasteiger partial charge in [0.25, 0.3) is 5.91 Å². The number of hydrogen-bond donors (Lipinski definition) is 2. The van der Waals surface area contributed by atoms with Crippen LogP contribution in [-0.2, 0) is 28.7 Å². The van der Waals surface area contributed by atoms with Gasteiger partial charge in [0.05, 0.1) is 35.2 Å². The summed E-state index contributed by atoms with van der Waals surface area (Å²) in [5.74, 6) is -3.72. The van der Waals surface area contributed by atoms with Gasteiger partial charge in [-0.25, -0.2) is 0 Å². The number of halogens is 2. The molecule has 2 aromatic rings. The molecule has 3 fully saturated rings. The highest BCUT2D eigenvalue weighted by Gasteiger charge is 2.77. The Bertz CT molecular complexity index is 1510. The smallest absolute Gasteiger partial charge is 0.313 e. The molecule has 3 heterocycles. The fraction of sp³-hybridized carbons (Fsp3) is 0.429. The summed E-state index contributed by atoms with van der Waals surface area (Å²) in [6.07, 6.45) is 2.95. The van der Waals surface area contributed by atoms with Gasteiger partial charge in [-0.3, -0.25) is 19.2 Å². The number of ether oxygens (including phenoxy) is 2. The lowest BCUT2D eigenvalue weighted by atomic mass is 9.70. The molecule has 12 heteroatoms. The number of hydrogen-bond acceptors (Lipinski definition) is 7. The molecule has 3 aliphatic rings. The molecule has 0 saturated carbocycles. The molecule has 2 N–H and O–H groups in total. The van der Waals surface area contributed by atoms with Crippen molar-refractivity contribution in [1.82, 2.24) is 10.2 Å². The van der Waals surface area contributed by atoms with Gasteiger partial charge in [0.2, 0.25) is 11.8 Å². The molecule has 2 aromatic carbocycles. The highest BCUT2D eigenvalue weighted by atomic mass is 79.9. The highest BCUT2D eigenvalue weighted by molar-refractivity contribution is 9.09. The van der Waals surface area contributed by atoms with Crippen LogP contribution in [0.4, 0.5) is 5.69 Å². The zero-order valence-electron chi connectivity index (χ0n) is 25.9. The van der Waals surface area contributed by atoms with Crippen molar-refractivity contribution in [2.45, 2.75) is 54.4 Å². The van der Waals surface area contributed by atoms with E-state index in [9.17, 15) is 24.3 Å². The van der Waals surface area contributed by atoms with Crippen molar-refractivity contribution in [1.29, 1.82) is 0 Å². The van der Waals surface area contributed by atoms with E-state index in [1.807, 2.05) is 18.2 Å². The van der Waals surface area contributed by atoms with Crippen molar-refractivity contribution in [2.75, 3.05) is 31.1 Å². The number of nitrogens with one attached hydrogen (secondary N) is 1. The maximum atomic E-state index is 14.6. The minimum absolute atomic E-state index is 0.0313. The summed E-state index contributed by atoms with van der Waals surface area (Å²) in [5.41, 5.74) is -0.212. The largest absolute Gasteiger partial charge is 0.455 e. The average molecular weight is 729 g/mol. The van der Waals surface area contributed by atoms with E-state index < -0.39 is 53.5 Å². The maximum Gasteiger partial charge on any atom is 0.313 e. The van der Waals surface area contributed by atoms with E-state index in [4.69, 9.17) is 21.1 Å². The molecule has 1 unspecified atom stereocenters. The summed E-state index contributed by atoms with van der Waals surface area (Å²) >= 11 is 10.2. The number of nitrogens with zero attached hydrogens (tertiary/aromatic N) is 2. The Morgan fingerprint density at radius 2 is 1.89 bits per heavy atom. The monoisotopic (exact) mass is 727 g/mol. The lowest BCUT2D eigenvalue weighted by Crippen LogP contribution is -2.57. The van der Waals surface area contributed by atoms with E-state index in [1.54, 1.807) is 48.6 Å². The Labute approximate surface area is 287 Å². The van der Waals surface area contributed by atoms with Crippen molar-refractivity contribution in [3.63, 3.8) is 0 Å². The van der Waals surface area contributed by atoms with Crippen LogP contribution in [0.15, 0.2) is 79.9 Å². The Kier molecular flexibility index (Phi) is 11.2. The number of fused-ring (bicyclic) bond motifs is 1. The van der Waals surface area contributed by atoms with E-state index in [0.29, 0.717) is 29.1 Å². The first-order valence-electron chi connectivity index (χ1n) is 15.7. The Hall–Kier alpha value is -3.51. The number of anilines is 1. The van der Waals surface area contributed by atoms with Crippen LogP contribution < -0.4 is 10.2 Å². The fourth-order valence-electron chi connectivity index (χ4n) is 7.06. The average Bonchev–Trinajstić information content (AvgIpc) is 3.67. The summed E-state index contributed by atoms with van der Waals surface area (Å²) in [4.78, 5) is 58.1. The zero-order chi connectivity index (χ0) is 33.7. The fourth-order valence-corrected chi connectivity index (χ4v) is 8.24. The third kappa shape index (κ3) is 6.76. The first-order valence-corrected chi connectivity index (χ1v) is 17.0. The van der Waals surface area contributed by atoms with Gasteiger partial charge in [0.1, 0.15) is 17.7 Å². The van der Waals surface area contributed by atoms with Crippen LogP contribution in [0, 0.1) is 11.8 Å². The number of esters is 1. The number of likely N-dealkylation sites (tertiary alicyclic amines) is 1. The number of amides is 3. The summed E-state index contributed by atoms with van der Waals surface area (Å²) in [6.45, 7) is 7.50. The van der Waals surface area contributed by atoms with Gasteiger partial charge < -0.3 is 29.7 Å². The third-order valence-electron chi connectivity index (χ3n) is 9.06. The molecular formula is C35H39BrClN3O7. The standard InChI is InChI=1S/C35H39BrClN3O7/c1-3-5-16-27(42)38-21-26(22-12-7-6-8-13-22)46-34(45)28-29-32(43)40(18-11-19-41)31(35(29)20-23(36)30(28)47-35)33(44)39(17-4-2)25-15-10-9-14-24(25)37/h3-4,6-10,12-15,23,26,28-31,41H,1-2,5,11,16-21H2,(H,38,42)/t23?,26-,28-,29+,30-,31-,35+/m0/s1. The molecule has 0 aromatic heterocycles. The van der Waals surface area contributed by atoms with Gasteiger partial charge in [-0.2, -0.15) is 0 Å². The van der Waals surface area contributed by atoms with Crippen LogP contribution >= 0.6 is 27.5 Å². The topological polar surface area (TPSA) is 125 Å². The zero-order valence-corrected chi connectivity index (χ0v) is 28.3. The second-order valence-corrected chi connectivity index (χ2v) is 13.5. The predicted molar refractivity (Wildman–Crippen MR) is 181 cm³/mol. The van der Waals surface area contributed by atoms with Gasteiger partial charge in [-0.05, 0) is 37.0 Å². The minimum atomic E-state index is -1.34. The van der Waals surface area contributed by atoms with Crippen molar-refractivity contribution in [3.8, 4) is 0 Å². The molecule has 0 aliphatic carbocycles. The Balaban J connectivity index is 1.48. The van der Waals surface area contributed by atoms with Crippen molar-refractivity contribution >= 4 is 56.9 Å². The molecule has 2 bridgehead atoms.